The molecule has 1 aromatic carbocycles. The standard InChI is InChI=1S/C16H24BrN3/c1-11-4-5-14(6-15(11)17)20-9-12-7-18-8-13(10-20)16(12)19(2)3/h4-6,12-13,16,18H,7-10H2,1-3H3. The molecule has 2 saturated heterocycles. The number of anilines is 1. The second kappa shape index (κ2) is 5.66. The Bertz CT molecular complexity index is 475. The van der Waals surface area contributed by atoms with Gasteiger partial charge in [0.25, 0.3) is 0 Å². The monoisotopic (exact) mass is 337 g/mol. The van der Waals surface area contributed by atoms with Crippen LogP contribution in [0.5, 0.6) is 0 Å². The van der Waals surface area contributed by atoms with Gasteiger partial charge in [0.15, 0.2) is 0 Å². The quantitative estimate of drug-likeness (QED) is 0.893. The van der Waals surface area contributed by atoms with Gasteiger partial charge in [-0.05, 0) is 38.7 Å². The highest BCUT2D eigenvalue weighted by Crippen LogP contribution is 2.32. The Morgan fingerprint density at radius 1 is 1.20 bits per heavy atom. The van der Waals surface area contributed by atoms with Crippen LogP contribution in [0.1, 0.15) is 5.56 Å². The summed E-state index contributed by atoms with van der Waals surface area (Å²) in [6, 6.07) is 7.47. The van der Waals surface area contributed by atoms with E-state index in [1.807, 2.05) is 0 Å². The van der Waals surface area contributed by atoms with Crippen molar-refractivity contribution in [3.63, 3.8) is 0 Å². The third-order valence-electron chi connectivity index (χ3n) is 4.81. The Balaban J connectivity index is 1.82. The molecular weight excluding hydrogens is 314 g/mol. The van der Waals surface area contributed by atoms with Gasteiger partial charge in [0.05, 0.1) is 0 Å². The van der Waals surface area contributed by atoms with Crippen LogP contribution in [0.4, 0.5) is 5.69 Å². The number of halogens is 1. The Kier molecular flexibility index (Phi) is 4.07. The summed E-state index contributed by atoms with van der Waals surface area (Å²) in [5, 5.41) is 3.60. The number of piperidine rings is 2. The molecule has 20 heavy (non-hydrogen) atoms. The first-order chi connectivity index (χ1) is 9.56. The molecule has 0 aliphatic carbocycles. The molecule has 0 amide bonds. The van der Waals surface area contributed by atoms with Crippen molar-refractivity contribution in [3.8, 4) is 0 Å². The number of aryl methyl sites for hydroxylation is 1. The summed E-state index contributed by atoms with van der Waals surface area (Å²) in [6.45, 7) is 6.74. The Hall–Kier alpha value is -0.580. The summed E-state index contributed by atoms with van der Waals surface area (Å²) >= 11 is 3.66. The molecule has 110 valence electrons. The van der Waals surface area contributed by atoms with Gasteiger partial charge in [-0.25, -0.2) is 0 Å². The number of fused-ring (bicyclic) bond motifs is 2. The number of rotatable bonds is 2. The van der Waals surface area contributed by atoms with Crippen molar-refractivity contribution in [2.24, 2.45) is 11.8 Å². The zero-order valence-corrected chi connectivity index (χ0v) is 14.2. The zero-order chi connectivity index (χ0) is 14.3. The molecule has 2 aliphatic heterocycles. The van der Waals surface area contributed by atoms with Crippen LogP contribution >= 0.6 is 15.9 Å². The summed E-state index contributed by atoms with van der Waals surface area (Å²) in [5.41, 5.74) is 2.66. The molecule has 4 heteroatoms. The van der Waals surface area contributed by atoms with E-state index < -0.39 is 0 Å². The Morgan fingerprint density at radius 3 is 2.40 bits per heavy atom. The predicted molar refractivity (Wildman–Crippen MR) is 88.4 cm³/mol. The first-order valence-corrected chi connectivity index (χ1v) is 8.24. The minimum atomic E-state index is 0.720. The van der Waals surface area contributed by atoms with Crippen LogP contribution in [0.25, 0.3) is 0 Å². The molecule has 2 bridgehead atoms. The number of benzene rings is 1. The molecule has 0 saturated carbocycles. The third kappa shape index (κ3) is 2.61. The van der Waals surface area contributed by atoms with Gasteiger partial charge in [-0.15, -0.1) is 0 Å². The average Bonchev–Trinajstić information content (AvgIpc) is 2.40. The molecule has 2 aliphatic rings. The van der Waals surface area contributed by atoms with Crippen molar-refractivity contribution < 1.29 is 0 Å². The van der Waals surface area contributed by atoms with Crippen molar-refractivity contribution in [2.75, 3.05) is 45.2 Å². The van der Waals surface area contributed by atoms with Crippen molar-refractivity contribution >= 4 is 21.6 Å². The topological polar surface area (TPSA) is 18.5 Å². The predicted octanol–water partition coefficient (Wildman–Crippen LogP) is 2.34. The molecule has 0 spiro atoms. The van der Waals surface area contributed by atoms with Gasteiger partial charge in [0.1, 0.15) is 0 Å². The molecule has 3 nitrogen and oxygen atoms in total. The molecule has 3 rings (SSSR count). The Morgan fingerprint density at radius 2 is 1.85 bits per heavy atom. The largest absolute Gasteiger partial charge is 0.371 e. The minimum absolute atomic E-state index is 0.720. The van der Waals surface area contributed by atoms with E-state index >= 15 is 0 Å². The van der Waals surface area contributed by atoms with Gasteiger partial charge in [0.2, 0.25) is 0 Å². The van der Waals surface area contributed by atoms with E-state index in [4.69, 9.17) is 0 Å². The lowest BCUT2D eigenvalue weighted by Gasteiger charge is -2.50. The summed E-state index contributed by atoms with van der Waals surface area (Å²) in [5.74, 6) is 1.44. The third-order valence-corrected chi connectivity index (χ3v) is 5.66. The van der Waals surface area contributed by atoms with Crippen molar-refractivity contribution in [1.82, 2.24) is 10.2 Å². The molecule has 2 heterocycles. The lowest BCUT2D eigenvalue weighted by atomic mass is 9.79. The van der Waals surface area contributed by atoms with E-state index in [9.17, 15) is 0 Å². The molecule has 1 aromatic rings. The van der Waals surface area contributed by atoms with Crippen LogP contribution in [0.15, 0.2) is 22.7 Å². The highest BCUT2D eigenvalue weighted by Gasteiger charge is 2.40. The van der Waals surface area contributed by atoms with E-state index in [2.05, 4.69) is 70.3 Å². The molecule has 0 radical (unpaired) electrons. The molecule has 1 N–H and O–H groups in total. The fraction of sp³-hybridized carbons (Fsp3) is 0.625. The lowest BCUT2D eigenvalue weighted by Crippen LogP contribution is -2.63. The maximum absolute atomic E-state index is 3.66. The second-order valence-corrected chi connectivity index (χ2v) is 7.33. The SMILES string of the molecule is Cc1ccc(N2CC3CNCC(C2)C3N(C)C)cc1Br. The first kappa shape index (κ1) is 14.4. The second-order valence-electron chi connectivity index (χ2n) is 6.47. The van der Waals surface area contributed by atoms with Gasteiger partial charge in [-0.3, -0.25) is 0 Å². The number of nitrogens with one attached hydrogen (secondary N) is 1. The summed E-state index contributed by atoms with van der Waals surface area (Å²) < 4.78 is 1.22. The van der Waals surface area contributed by atoms with E-state index in [0.717, 1.165) is 44.1 Å². The van der Waals surface area contributed by atoms with Crippen LogP contribution in [0, 0.1) is 18.8 Å². The van der Waals surface area contributed by atoms with Crippen molar-refractivity contribution in [1.29, 1.82) is 0 Å². The fourth-order valence-electron chi connectivity index (χ4n) is 3.90. The Labute approximate surface area is 130 Å². The zero-order valence-electron chi connectivity index (χ0n) is 12.6. The van der Waals surface area contributed by atoms with Crippen LogP contribution in [0.3, 0.4) is 0 Å². The van der Waals surface area contributed by atoms with Crippen LogP contribution in [0.2, 0.25) is 0 Å². The summed E-state index contributed by atoms with van der Waals surface area (Å²) in [4.78, 5) is 5.00. The van der Waals surface area contributed by atoms with Gasteiger partial charge in [0, 0.05) is 54.2 Å². The van der Waals surface area contributed by atoms with Crippen LogP contribution < -0.4 is 10.2 Å². The first-order valence-electron chi connectivity index (χ1n) is 7.44. The summed E-state index contributed by atoms with van der Waals surface area (Å²) in [6.07, 6.45) is 0. The highest BCUT2D eigenvalue weighted by molar-refractivity contribution is 9.10. The van der Waals surface area contributed by atoms with Crippen molar-refractivity contribution in [2.45, 2.75) is 13.0 Å². The number of nitrogens with zero attached hydrogens (tertiary/aromatic N) is 2. The van der Waals surface area contributed by atoms with Gasteiger partial charge in [-0.1, -0.05) is 22.0 Å². The van der Waals surface area contributed by atoms with E-state index in [1.54, 1.807) is 0 Å². The van der Waals surface area contributed by atoms with E-state index in [1.165, 1.54) is 15.7 Å². The fourth-order valence-corrected chi connectivity index (χ4v) is 4.27. The van der Waals surface area contributed by atoms with Gasteiger partial charge in [-0.2, -0.15) is 0 Å². The number of hydrogen-bond acceptors (Lipinski definition) is 3. The minimum Gasteiger partial charge on any atom is -0.371 e. The maximum Gasteiger partial charge on any atom is 0.0377 e. The molecule has 2 unspecified atom stereocenters. The normalized spacial score (nSPS) is 29.9. The molecule has 2 atom stereocenters. The van der Waals surface area contributed by atoms with E-state index in [-0.39, 0.29) is 0 Å². The number of hydrogen-bond donors (Lipinski definition) is 1. The van der Waals surface area contributed by atoms with E-state index in [0.29, 0.717) is 0 Å². The highest BCUT2D eigenvalue weighted by atomic mass is 79.9. The van der Waals surface area contributed by atoms with Crippen LogP contribution in [-0.4, -0.2) is 51.2 Å². The average molecular weight is 338 g/mol. The van der Waals surface area contributed by atoms with Crippen LogP contribution in [-0.2, 0) is 0 Å². The summed E-state index contributed by atoms with van der Waals surface area (Å²) in [7, 11) is 4.46. The molecule has 2 fully saturated rings. The van der Waals surface area contributed by atoms with Crippen molar-refractivity contribution in [3.05, 3.63) is 28.2 Å². The lowest BCUT2D eigenvalue weighted by molar-refractivity contribution is 0.0896. The van der Waals surface area contributed by atoms with Gasteiger partial charge < -0.3 is 15.1 Å². The molecular formula is C16H24BrN3. The maximum atomic E-state index is 3.66. The van der Waals surface area contributed by atoms with Gasteiger partial charge >= 0.3 is 0 Å². The smallest absolute Gasteiger partial charge is 0.0377 e. The molecule has 0 aromatic heterocycles.